The molecule has 1 heterocycles. The van der Waals surface area contributed by atoms with Crippen LogP contribution in [-0.4, -0.2) is 54.5 Å². The highest BCUT2D eigenvalue weighted by Crippen LogP contribution is 2.22. The standard InChI is InChI=1S/C23H27N5O4S2/c29-21(24-14-15-33-23-25-22(26-27-23)17-6-2-1-3-7-17)16-32-19-10-12-20(13-11-19)34(30,31)28-18-8-4-5-9-18/h1-3,6-7,10-13,18,28H,4-5,8-9,14-16H2,(H,24,29)(H,25,26,27). The van der Waals surface area contributed by atoms with Gasteiger partial charge in [0.05, 0.1) is 4.90 Å². The molecule has 0 atom stereocenters. The predicted molar refractivity (Wildman–Crippen MR) is 130 cm³/mol. The van der Waals surface area contributed by atoms with Crippen molar-refractivity contribution >= 4 is 27.7 Å². The molecule has 1 aromatic heterocycles. The fraction of sp³-hybridized carbons (Fsp3) is 0.348. The monoisotopic (exact) mass is 501 g/mol. The number of amides is 1. The molecule has 1 aliphatic rings. The van der Waals surface area contributed by atoms with Crippen LogP contribution in [0.3, 0.4) is 0 Å². The van der Waals surface area contributed by atoms with Crippen LogP contribution >= 0.6 is 11.8 Å². The average Bonchev–Trinajstić information content (AvgIpc) is 3.53. The lowest BCUT2D eigenvalue weighted by atomic mass is 10.2. The van der Waals surface area contributed by atoms with Crippen molar-refractivity contribution in [3.8, 4) is 17.1 Å². The Balaban J connectivity index is 1.15. The molecule has 0 bridgehead atoms. The molecule has 11 heteroatoms. The number of hydrogen-bond donors (Lipinski definition) is 3. The van der Waals surface area contributed by atoms with E-state index in [1.54, 1.807) is 12.1 Å². The van der Waals surface area contributed by atoms with Crippen LogP contribution in [0.15, 0.2) is 64.6 Å². The molecule has 1 saturated carbocycles. The number of nitrogens with one attached hydrogen (secondary N) is 3. The molecule has 0 saturated heterocycles. The smallest absolute Gasteiger partial charge is 0.257 e. The first-order valence-corrected chi connectivity index (χ1v) is 13.6. The lowest BCUT2D eigenvalue weighted by Crippen LogP contribution is -2.32. The fourth-order valence-electron chi connectivity index (χ4n) is 3.61. The average molecular weight is 502 g/mol. The van der Waals surface area contributed by atoms with Gasteiger partial charge in [-0.3, -0.25) is 9.89 Å². The number of hydrogen-bond acceptors (Lipinski definition) is 7. The largest absolute Gasteiger partial charge is 0.484 e. The zero-order valence-electron chi connectivity index (χ0n) is 18.6. The third-order valence-electron chi connectivity index (χ3n) is 5.35. The van der Waals surface area contributed by atoms with Crippen molar-refractivity contribution in [1.29, 1.82) is 0 Å². The fourth-order valence-corrected chi connectivity index (χ4v) is 5.57. The summed E-state index contributed by atoms with van der Waals surface area (Å²) in [6.45, 7) is 0.280. The maximum absolute atomic E-state index is 12.5. The second kappa shape index (κ2) is 11.5. The molecule has 2 aromatic carbocycles. The van der Waals surface area contributed by atoms with Gasteiger partial charge in [0, 0.05) is 23.9 Å². The minimum Gasteiger partial charge on any atom is -0.484 e. The van der Waals surface area contributed by atoms with Gasteiger partial charge < -0.3 is 10.1 Å². The number of aromatic nitrogens is 3. The van der Waals surface area contributed by atoms with Gasteiger partial charge in [-0.15, -0.1) is 5.10 Å². The highest BCUT2D eigenvalue weighted by atomic mass is 32.2. The Morgan fingerprint density at radius 2 is 1.82 bits per heavy atom. The van der Waals surface area contributed by atoms with Crippen molar-refractivity contribution in [2.24, 2.45) is 0 Å². The van der Waals surface area contributed by atoms with Crippen LogP contribution < -0.4 is 14.8 Å². The molecule has 0 unspecified atom stereocenters. The Bertz CT molecular complexity index is 1180. The molecular weight excluding hydrogens is 474 g/mol. The highest BCUT2D eigenvalue weighted by molar-refractivity contribution is 7.99. The summed E-state index contributed by atoms with van der Waals surface area (Å²) < 4.78 is 33.1. The Kier molecular flexibility index (Phi) is 8.20. The first kappa shape index (κ1) is 24.2. The van der Waals surface area contributed by atoms with Crippen molar-refractivity contribution < 1.29 is 17.9 Å². The van der Waals surface area contributed by atoms with Crippen LogP contribution in [0.2, 0.25) is 0 Å². The van der Waals surface area contributed by atoms with Crippen LogP contribution in [0.5, 0.6) is 5.75 Å². The summed E-state index contributed by atoms with van der Waals surface area (Å²) in [6.07, 6.45) is 3.85. The second-order valence-electron chi connectivity index (χ2n) is 7.89. The molecule has 0 spiro atoms. The van der Waals surface area contributed by atoms with E-state index in [-0.39, 0.29) is 23.5 Å². The number of H-pyrrole nitrogens is 1. The summed E-state index contributed by atoms with van der Waals surface area (Å²) >= 11 is 1.44. The summed E-state index contributed by atoms with van der Waals surface area (Å²) in [6, 6.07) is 15.8. The third kappa shape index (κ3) is 6.81. The van der Waals surface area contributed by atoms with E-state index in [4.69, 9.17) is 4.74 Å². The lowest BCUT2D eigenvalue weighted by Gasteiger charge is -2.13. The van der Waals surface area contributed by atoms with Gasteiger partial charge >= 0.3 is 0 Å². The predicted octanol–water partition coefficient (Wildman–Crippen LogP) is 2.98. The number of rotatable bonds is 11. The number of ether oxygens (including phenoxy) is 1. The molecule has 0 aliphatic heterocycles. The van der Waals surface area contributed by atoms with Crippen LogP contribution in [0.25, 0.3) is 11.4 Å². The lowest BCUT2D eigenvalue weighted by molar-refractivity contribution is -0.122. The SMILES string of the molecule is O=C(COc1ccc(S(=O)(=O)NC2CCCC2)cc1)NCCSc1n[nH]c(-c2ccccc2)n1. The van der Waals surface area contributed by atoms with E-state index < -0.39 is 10.0 Å². The van der Waals surface area contributed by atoms with E-state index in [0.29, 0.717) is 29.0 Å². The molecule has 1 amide bonds. The Morgan fingerprint density at radius 3 is 2.56 bits per heavy atom. The summed E-state index contributed by atoms with van der Waals surface area (Å²) in [5.41, 5.74) is 0.961. The zero-order valence-corrected chi connectivity index (χ0v) is 20.2. The number of carbonyl (C=O) groups excluding carboxylic acids is 1. The van der Waals surface area contributed by atoms with E-state index in [0.717, 1.165) is 31.2 Å². The van der Waals surface area contributed by atoms with Gasteiger partial charge in [0.15, 0.2) is 12.4 Å². The first-order valence-electron chi connectivity index (χ1n) is 11.1. The van der Waals surface area contributed by atoms with Crippen molar-refractivity contribution in [3.05, 3.63) is 54.6 Å². The molecule has 1 aliphatic carbocycles. The second-order valence-corrected chi connectivity index (χ2v) is 10.7. The molecule has 0 radical (unpaired) electrons. The van der Waals surface area contributed by atoms with Gasteiger partial charge in [0.25, 0.3) is 5.91 Å². The Labute approximate surface area is 203 Å². The number of benzene rings is 2. The summed E-state index contributed by atoms with van der Waals surface area (Å²) in [4.78, 5) is 16.7. The van der Waals surface area contributed by atoms with Gasteiger partial charge in [-0.1, -0.05) is 54.9 Å². The van der Waals surface area contributed by atoms with E-state index in [1.807, 2.05) is 30.3 Å². The van der Waals surface area contributed by atoms with Crippen LogP contribution in [0.4, 0.5) is 0 Å². The normalized spacial score (nSPS) is 14.2. The van der Waals surface area contributed by atoms with Crippen molar-refractivity contribution in [3.63, 3.8) is 0 Å². The number of thioether (sulfide) groups is 1. The van der Waals surface area contributed by atoms with Crippen molar-refractivity contribution in [2.75, 3.05) is 18.9 Å². The maximum Gasteiger partial charge on any atom is 0.257 e. The van der Waals surface area contributed by atoms with Crippen LogP contribution in [-0.2, 0) is 14.8 Å². The van der Waals surface area contributed by atoms with Crippen molar-refractivity contribution in [1.82, 2.24) is 25.2 Å². The summed E-state index contributed by atoms with van der Waals surface area (Å²) in [5, 5.41) is 10.5. The molecule has 9 nitrogen and oxygen atoms in total. The van der Waals surface area contributed by atoms with Crippen LogP contribution in [0, 0.1) is 0 Å². The Morgan fingerprint density at radius 1 is 1.09 bits per heavy atom. The van der Waals surface area contributed by atoms with Crippen molar-refractivity contribution in [2.45, 2.75) is 41.8 Å². The maximum atomic E-state index is 12.5. The third-order valence-corrected chi connectivity index (χ3v) is 7.73. The topological polar surface area (TPSA) is 126 Å². The number of sulfonamides is 1. The number of aromatic amines is 1. The molecular formula is C23H27N5O4S2. The molecule has 3 N–H and O–H groups in total. The molecule has 3 aromatic rings. The zero-order chi connectivity index (χ0) is 23.8. The molecule has 180 valence electrons. The number of carbonyl (C=O) groups is 1. The van der Waals surface area contributed by atoms with Crippen LogP contribution in [0.1, 0.15) is 25.7 Å². The molecule has 4 rings (SSSR count). The van der Waals surface area contributed by atoms with E-state index in [2.05, 4.69) is 25.2 Å². The minimum atomic E-state index is -3.54. The van der Waals surface area contributed by atoms with Gasteiger partial charge in [0.2, 0.25) is 15.2 Å². The quantitative estimate of drug-likeness (QED) is 0.272. The Hall–Kier alpha value is -2.89. The molecule has 1 fully saturated rings. The van der Waals surface area contributed by atoms with Gasteiger partial charge in [0.1, 0.15) is 5.75 Å². The summed E-state index contributed by atoms with van der Waals surface area (Å²) in [7, 11) is -3.54. The number of nitrogens with zero attached hydrogens (tertiary/aromatic N) is 2. The molecule has 34 heavy (non-hydrogen) atoms. The first-order chi connectivity index (χ1) is 16.5. The summed E-state index contributed by atoms with van der Waals surface area (Å²) in [5.74, 6) is 1.48. The highest BCUT2D eigenvalue weighted by Gasteiger charge is 2.22. The van der Waals surface area contributed by atoms with Gasteiger partial charge in [-0.05, 0) is 37.1 Å². The van der Waals surface area contributed by atoms with Gasteiger partial charge in [-0.25, -0.2) is 18.1 Å². The van der Waals surface area contributed by atoms with Gasteiger partial charge in [-0.2, -0.15) is 0 Å². The van der Waals surface area contributed by atoms with E-state index in [1.165, 1.54) is 23.9 Å². The minimum absolute atomic E-state index is 0.0116. The van der Waals surface area contributed by atoms with E-state index in [9.17, 15) is 13.2 Å². The van der Waals surface area contributed by atoms with E-state index >= 15 is 0 Å².